The SMILES string of the molecule is CCS(=O)(=O)c1ccc(C(N)CCN(C)C(=O)O)cc1. The number of carbonyl (C=O) groups is 1. The zero-order valence-electron chi connectivity index (χ0n) is 11.6. The van der Waals surface area contributed by atoms with Crippen molar-refractivity contribution in [2.75, 3.05) is 19.3 Å². The van der Waals surface area contributed by atoms with E-state index in [9.17, 15) is 13.2 Å². The van der Waals surface area contributed by atoms with Crippen LogP contribution < -0.4 is 5.73 Å². The molecule has 7 heteroatoms. The highest BCUT2D eigenvalue weighted by molar-refractivity contribution is 7.91. The molecule has 1 rings (SSSR count). The molecule has 0 aromatic heterocycles. The molecule has 0 heterocycles. The van der Waals surface area contributed by atoms with Crippen molar-refractivity contribution in [2.24, 2.45) is 5.73 Å². The van der Waals surface area contributed by atoms with Gasteiger partial charge in [-0.1, -0.05) is 19.1 Å². The van der Waals surface area contributed by atoms with Gasteiger partial charge in [-0.05, 0) is 24.1 Å². The maximum absolute atomic E-state index is 11.7. The van der Waals surface area contributed by atoms with E-state index in [1.807, 2.05) is 0 Å². The van der Waals surface area contributed by atoms with E-state index < -0.39 is 15.9 Å². The fourth-order valence-corrected chi connectivity index (χ4v) is 2.57. The number of sulfone groups is 1. The standard InChI is InChI=1S/C13H20N2O4S/c1-3-20(18,19)11-6-4-10(5-7-11)12(14)8-9-15(2)13(16)17/h4-7,12H,3,8-9,14H2,1-2H3,(H,16,17). The first-order valence-corrected chi connectivity index (χ1v) is 7.95. The van der Waals surface area contributed by atoms with Gasteiger partial charge in [-0.15, -0.1) is 0 Å². The van der Waals surface area contributed by atoms with Gasteiger partial charge in [-0.25, -0.2) is 13.2 Å². The minimum atomic E-state index is -3.20. The first kappa shape index (κ1) is 16.5. The van der Waals surface area contributed by atoms with Crippen LogP contribution in [0.1, 0.15) is 24.9 Å². The summed E-state index contributed by atoms with van der Waals surface area (Å²) in [6.07, 6.45) is -0.524. The molecule has 1 atom stereocenters. The van der Waals surface area contributed by atoms with Crippen molar-refractivity contribution in [3.8, 4) is 0 Å². The number of rotatable bonds is 6. The molecule has 0 aliphatic carbocycles. The molecule has 0 spiro atoms. The number of carboxylic acid groups (broad SMARTS) is 1. The molecule has 1 amide bonds. The van der Waals surface area contributed by atoms with Crippen molar-refractivity contribution in [3.63, 3.8) is 0 Å². The first-order chi connectivity index (χ1) is 9.27. The van der Waals surface area contributed by atoms with E-state index in [-0.39, 0.29) is 16.7 Å². The Morgan fingerprint density at radius 2 is 1.90 bits per heavy atom. The van der Waals surface area contributed by atoms with Gasteiger partial charge >= 0.3 is 6.09 Å². The van der Waals surface area contributed by atoms with Crippen molar-refractivity contribution >= 4 is 15.9 Å². The Morgan fingerprint density at radius 3 is 2.35 bits per heavy atom. The number of nitrogens with zero attached hydrogens (tertiary/aromatic N) is 1. The van der Waals surface area contributed by atoms with Gasteiger partial charge in [0.05, 0.1) is 10.6 Å². The molecular weight excluding hydrogens is 280 g/mol. The highest BCUT2D eigenvalue weighted by Crippen LogP contribution is 2.18. The van der Waals surface area contributed by atoms with Gasteiger partial charge in [0.25, 0.3) is 0 Å². The average molecular weight is 300 g/mol. The van der Waals surface area contributed by atoms with Crippen LogP contribution in [0.5, 0.6) is 0 Å². The van der Waals surface area contributed by atoms with E-state index in [1.54, 1.807) is 19.1 Å². The smallest absolute Gasteiger partial charge is 0.407 e. The second kappa shape index (κ2) is 6.71. The zero-order valence-corrected chi connectivity index (χ0v) is 12.4. The Kier molecular flexibility index (Phi) is 5.52. The molecule has 20 heavy (non-hydrogen) atoms. The van der Waals surface area contributed by atoms with E-state index in [0.717, 1.165) is 10.5 Å². The van der Waals surface area contributed by atoms with Crippen molar-refractivity contribution < 1.29 is 18.3 Å². The van der Waals surface area contributed by atoms with E-state index >= 15 is 0 Å². The predicted molar refractivity (Wildman–Crippen MR) is 76.4 cm³/mol. The van der Waals surface area contributed by atoms with Gasteiger partial charge in [-0.3, -0.25) is 0 Å². The monoisotopic (exact) mass is 300 g/mol. The quantitative estimate of drug-likeness (QED) is 0.828. The van der Waals surface area contributed by atoms with Gasteiger partial charge < -0.3 is 15.7 Å². The fraction of sp³-hybridized carbons (Fsp3) is 0.462. The topological polar surface area (TPSA) is 101 Å². The summed E-state index contributed by atoms with van der Waals surface area (Å²) in [5.41, 5.74) is 6.76. The Bertz CT molecular complexity index is 554. The Hall–Kier alpha value is -1.60. The fourth-order valence-electron chi connectivity index (χ4n) is 1.68. The third-order valence-corrected chi connectivity index (χ3v) is 4.90. The van der Waals surface area contributed by atoms with Crippen LogP contribution in [0.25, 0.3) is 0 Å². The second-order valence-electron chi connectivity index (χ2n) is 4.57. The molecule has 1 aromatic carbocycles. The molecule has 0 bridgehead atoms. The van der Waals surface area contributed by atoms with E-state index in [2.05, 4.69) is 0 Å². The molecule has 112 valence electrons. The summed E-state index contributed by atoms with van der Waals surface area (Å²) in [6.45, 7) is 1.92. The molecule has 0 fully saturated rings. The van der Waals surface area contributed by atoms with Gasteiger partial charge in [0.1, 0.15) is 0 Å². The Balaban J connectivity index is 2.71. The number of hydrogen-bond donors (Lipinski definition) is 2. The third-order valence-electron chi connectivity index (χ3n) is 3.15. The molecule has 0 aliphatic heterocycles. The largest absolute Gasteiger partial charge is 0.465 e. The number of nitrogens with two attached hydrogens (primary N) is 1. The number of hydrogen-bond acceptors (Lipinski definition) is 4. The van der Waals surface area contributed by atoms with Crippen LogP contribution in [-0.2, 0) is 9.84 Å². The number of amides is 1. The lowest BCUT2D eigenvalue weighted by molar-refractivity contribution is 0.154. The maximum atomic E-state index is 11.7. The molecule has 6 nitrogen and oxygen atoms in total. The lowest BCUT2D eigenvalue weighted by atomic mass is 10.0. The van der Waals surface area contributed by atoms with Crippen LogP contribution in [0, 0.1) is 0 Å². The Morgan fingerprint density at radius 1 is 1.35 bits per heavy atom. The lowest BCUT2D eigenvalue weighted by Gasteiger charge is -2.17. The van der Waals surface area contributed by atoms with Crippen LogP contribution in [0.15, 0.2) is 29.2 Å². The lowest BCUT2D eigenvalue weighted by Crippen LogP contribution is -2.28. The molecule has 1 unspecified atom stereocenters. The summed E-state index contributed by atoms with van der Waals surface area (Å²) >= 11 is 0. The summed E-state index contributed by atoms with van der Waals surface area (Å²) in [6, 6.07) is 6.10. The van der Waals surface area contributed by atoms with Crippen molar-refractivity contribution in [1.82, 2.24) is 4.90 Å². The highest BCUT2D eigenvalue weighted by Gasteiger charge is 2.14. The van der Waals surface area contributed by atoms with E-state index in [1.165, 1.54) is 19.2 Å². The summed E-state index contributed by atoms with van der Waals surface area (Å²) in [7, 11) is -1.73. The molecule has 0 saturated carbocycles. The second-order valence-corrected chi connectivity index (χ2v) is 6.85. The zero-order chi connectivity index (χ0) is 15.3. The highest BCUT2D eigenvalue weighted by atomic mass is 32.2. The average Bonchev–Trinajstić information content (AvgIpc) is 2.44. The molecule has 0 saturated heterocycles. The minimum Gasteiger partial charge on any atom is -0.465 e. The molecule has 0 radical (unpaired) electrons. The summed E-state index contributed by atoms with van der Waals surface area (Å²) in [5, 5.41) is 8.74. The van der Waals surface area contributed by atoms with Crippen LogP contribution >= 0.6 is 0 Å². The number of benzene rings is 1. The van der Waals surface area contributed by atoms with Crippen LogP contribution in [-0.4, -0.2) is 43.9 Å². The minimum absolute atomic E-state index is 0.0573. The van der Waals surface area contributed by atoms with Gasteiger partial charge in [0.15, 0.2) is 9.84 Å². The van der Waals surface area contributed by atoms with Gasteiger partial charge in [0.2, 0.25) is 0 Å². The summed E-state index contributed by atoms with van der Waals surface area (Å²) in [5.74, 6) is 0.0573. The van der Waals surface area contributed by atoms with Crippen LogP contribution in [0.3, 0.4) is 0 Å². The predicted octanol–water partition coefficient (Wildman–Crippen LogP) is 1.48. The van der Waals surface area contributed by atoms with Crippen LogP contribution in [0.2, 0.25) is 0 Å². The van der Waals surface area contributed by atoms with Crippen molar-refractivity contribution in [2.45, 2.75) is 24.3 Å². The maximum Gasteiger partial charge on any atom is 0.407 e. The first-order valence-electron chi connectivity index (χ1n) is 6.30. The van der Waals surface area contributed by atoms with E-state index in [4.69, 9.17) is 10.8 Å². The van der Waals surface area contributed by atoms with Crippen molar-refractivity contribution in [3.05, 3.63) is 29.8 Å². The third kappa shape index (κ3) is 4.21. The Labute approximate surface area is 119 Å². The molecule has 1 aromatic rings. The molecular formula is C13H20N2O4S. The summed E-state index contributed by atoms with van der Waals surface area (Å²) < 4.78 is 23.3. The van der Waals surface area contributed by atoms with Gasteiger partial charge in [0, 0.05) is 19.6 Å². The molecule has 0 aliphatic rings. The van der Waals surface area contributed by atoms with Gasteiger partial charge in [-0.2, -0.15) is 0 Å². The normalized spacial score (nSPS) is 12.9. The molecule has 3 N–H and O–H groups in total. The van der Waals surface area contributed by atoms with Crippen LogP contribution in [0.4, 0.5) is 4.79 Å². The van der Waals surface area contributed by atoms with Crippen molar-refractivity contribution in [1.29, 1.82) is 0 Å². The van der Waals surface area contributed by atoms with E-state index in [0.29, 0.717) is 13.0 Å². The summed E-state index contributed by atoms with van der Waals surface area (Å²) in [4.78, 5) is 12.1.